The van der Waals surface area contributed by atoms with Gasteiger partial charge in [-0.3, -0.25) is 10.0 Å². The molecule has 17 heavy (non-hydrogen) atoms. The van der Waals surface area contributed by atoms with Crippen molar-refractivity contribution in [2.45, 2.75) is 6.92 Å². The number of anilines is 2. The van der Waals surface area contributed by atoms with Crippen LogP contribution in [0.5, 0.6) is 0 Å². The zero-order valence-corrected chi connectivity index (χ0v) is 9.18. The van der Waals surface area contributed by atoms with Crippen LogP contribution in [0.1, 0.15) is 6.92 Å². The average Bonchev–Trinajstić information content (AvgIpc) is 2.28. The van der Waals surface area contributed by atoms with Crippen LogP contribution in [-0.4, -0.2) is 11.1 Å². The van der Waals surface area contributed by atoms with Gasteiger partial charge in [-0.05, 0) is 12.1 Å². The van der Waals surface area contributed by atoms with Crippen molar-refractivity contribution in [3.8, 4) is 0 Å². The molecule has 0 aliphatic heterocycles. The number of fused-ring (bicyclic) bond motifs is 1. The molecule has 2 rings (SSSR count). The number of rotatable bonds is 2. The van der Waals surface area contributed by atoms with E-state index in [0.29, 0.717) is 16.5 Å². The maximum Gasteiger partial charge on any atom is 0.221 e. The molecule has 5 nitrogen and oxygen atoms in total. The van der Waals surface area contributed by atoms with Gasteiger partial charge in [0.1, 0.15) is 0 Å². The van der Waals surface area contributed by atoms with Gasteiger partial charge in [0, 0.05) is 23.4 Å². The quantitative estimate of drug-likeness (QED) is 0.778. The van der Waals surface area contributed by atoms with Gasteiger partial charge in [0.2, 0.25) is 5.91 Å². The number of carbonyl (C=O) groups is 1. The Morgan fingerprint density at radius 1 is 1.24 bits per heavy atom. The van der Waals surface area contributed by atoms with Crippen LogP contribution < -0.4 is 10.5 Å². The van der Waals surface area contributed by atoms with Gasteiger partial charge in [-0.25, -0.2) is 0 Å². The van der Waals surface area contributed by atoms with Crippen molar-refractivity contribution in [1.29, 1.82) is 0 Å². The van der Waals surface area contributed by atoms with Crippen molar-refractivity contribution in [3.63, 3.8) is 0 Å². The van der Waals surface area contributed by atoms with E-state index in [-0.39, 0.29) is 16.8 Å². The number of hydrogen-bond acceptors (Lipinski definition) is 4. The Morgan fingerprint density at radius 3 is 2.53 bits per heavy atom. The van der Waals surface area contributed by atoms with Crippen LogP contribution in [0.15, 0.2) is 36.4 Å². The highest BCUT2D eigenvalue weighted by atomic mass is 16.8. The summed E-state index contributed by atoms with van der Waals surface area (Å²) in [6.07, 6.45) is 0. The number of amides is 1. The molecular weight excluding hydrogens is 220 g/mol. The van der Waals surface area contributed by atoms with E-state index in [4.69, 9.17) is 5.21 Å². The van der Waals surface area contributed by atoms with Gasteiger partial charge < -0.3 is 15.8 Å². The molecule has 88 valence electrons. The first-order valence-corrected chi connectivity index (χ1v) is 5.05. The summed E-state index contributed by atoms with van der Waals surface area (Å²) in [7, 11) is 0. The monoisotopic (exact) mass is 231 g/mol. The van der Waals surface area contributed by atoms with Crippen LogP contribution in [-0.2, 0) is 4.79 Å². The molecule has 2 N–H and O–H groups in total. The summed E-state index contributed by atoms with van der Waals surface area (Å²) in [5.74, 6) is -0.189. The van der Waals surface area contributed by atoms with Gasteiger partial charge in [-0.2, -0.15) is 0 Å². The minimum atomic E-state index is -0.189. The zero-order valence-electron chi connectivity index (χ0n) is 9.18. The smallest absolute Gasteiger partial charge is 0.221 e. The van der Waals surface area contributed by atoms with Gasteiger partial charge in [-0.15, -0.1) is 0 Å². The third kappa shape index (κ3) is 2.20. The van der Waals surface area contributed by atoms with Crippen molar-refractivity contribution in [3.05, 3.63) is 41.6 Å². The third-order valence-corrected chi connectivity index (χ3v) is 2.42. The Bertz CT molecular complexity index is 567. The SMILES string of the molecule is CC(=O)Nc1cccc2c(N([O-])O)cccc12. The second-order valence-electron chi connectivity index (χ2n) is 3.63. The first-order valence-electron chi connectivity index (χ1n) is 5.05. The van der Waals surface area contributed by atoms with E-state index in [2.05, 4.69) is 5.32 Å². The van der Waals surface area contributed by atoms with Gasteiger partial charge in [0.25, 0.3) is 0 Å². The zero-order chi connectivity index (χ0) is 12.4. The second kappa shape index (κ2) is 4.40. The molecule has 0 radical (unpaired) electrons. The predicted octanol–water partition coefficient (Wildman–Crippen LogP) is 2.49. The van der Waals surface area contributed by atoms with E-state index in [9.17, 15) is 10.0 Å². The summed E-state index contributed by atoms with van der Waals surface area (Å²) >= 11 is 0. The second-order valence-corrected chi connectivity index (χ2v) is 3.63. The van der Waals surface area contributed by atoms with Crippen molar-refractivity contribution in [2.24, 2.45) is 0 Å². The lowest BCUT2D eigenvalue weighted by Gasteiger charge is -2.23. The Kier molecular flexibility index (Phi) is 2.95. The lowest BCUT2D eigenvalue weighted by Crippen LogP contribution is -2.09. The summed E-state index contributed by atoms with van der Waals surface area (Å²) in [5, 5.41) is 23.7. The molecule has 2 aromatic carbocycles. The fraction of sp³-hybridized carbons (Fsp3) is 0.0833. The van der Waals surface area contributed by atoms with E-state index in [1.54, 1.807) is 30.3 Å². The number of nitrogens with zero attached hydrogens (tertiary/aromatic N) is 1. The molecule has 0 atom stereocenters. The standard InChI is InChI=1S/C12H11N2O3/c1-8(15)13-11-6-2-5-10-9(11)4-3-7-12(10)14(16)17/h2-7,16H,1H3,(H,13,15)/q-1. The molecule has 2 aromatic rings. The number of nitrogens with one attached hydrogen (secondary N) is 1. The fourth-order valence-electron chi connectivity index (χ4n) is 1.76. The van der Waals surface area contributed by atoms with E-state index < -0.39 is 0 Å². The Labute approximate surface area is 97.8 Å². The van der Waals surface area contributed by atoms with Crippen LogP contribution >= 0.6 is 0 Å². The highest BCUT2D eigenvalue weighted by Crippen LogP contribution is 2.30. The maximum absolute atomic E-state index is 11.0. The first kappa shape index (κ1) is 11.4. The predicted molar refractivity (Wildman–Crippen MR) is 65.9 cm³/mol. The summed E-state index contributed by atoms with van der Waals surface area (Å²) in [6, 6.07) is 10.1. The van der Waals surface area contributed by atoms with Crippen LogP contribution in [0.4, 0.5) is 11.4 Å². The van der Waals surface area contributed by atoms with Gasteiger partial charge >= 0.3 is 0 Å². The molecule has 0 aromatic heterocycles. The van der Waals surface area contributed by atoms with E-state index >= 15 is 0 Å². The van der Waals surface area contributed by atoms with Crippen LogP contribution in [0.2, 0.25) is 0 Å². The number of carbonyl (C=O) groups excluding carboxylic acids is 1. The minimum absolute atomic E-state index is 0.148. The van der Waals surface area contributed by atoms with Crippen LogP contribution in [0, 0.1) is 5.21 Å². The summed E-state index contributed by atoms with van der Waals surface area (Å²) < 4.78 is 0. The summed E-state index contributed by atoms with van der Waals surface area (Å²) in [6.45, 7) is 1.41. The molecule has 0 fully saturated rings. The van der Waals surface area contributed by atoms with E-state index in [1.165, 1.54) is 13.0 Å². The van der Waals surface area contributed by atoms with Crippen molar-refractivity contribution in [1.82, 2.24) is 0 Å². The molecule has 5 heteroatoms. The largest absolute Gasteiger partial charge is 0.733 e. The van der Waals surface area contributed by atoms with Crippen molar-refractivity contribution >= 4 is 28.1 Å². The highest BCUT2D eigenvalue weighted by molar-refractivity contribution is 6.05. The topological polar surface area (TPSA) is 75.6 Å². The minimum Gasteiger partial charge on any atom is -0.733 e. The van der Waals surface area contributed by atoms with Gasteiger partial charge in [0.15, 0.2) is 0 Å². The van der Waals surface area contributed by atoms with Crippen molar-refractivity contribution < 1.29 is 10.0 Å². The molecule has 0 saturated carbocycles. The van der Waals surface area contributed by atoms with Crippen molar-refractivity contribution in [2.75, 3.05) is 10.5 Å². The molecule has 0 bridgehead atoms. The summed E-state index contributed by atoms with van der Waals surface area (Å²) in [4.78, 5) is 11.0. The third-order valence-electron chi connectivity index (χ3n) is 2.42. The Hall–Kier alpha value is -2.11. The highest BCUT2D eigenvalue weighted by Gasteiger charge is 2.05. The van der Waals surface area contributed by atoms with Gasteiger partial charge in [-0.1, -0.05) is 24.3 Å². The molecule has 0 aliphatic rings. The van der Waals surface area contributed by atoms with Gasteiger partial charge in [0.05, 0.1) is 5.69 Å². The fourth-order valence-corrected chi connectivity index (χ4v) is 1.76. The van der Waals surface area contributed by atoms with Crippen LogP contribution in [0.3, 0.4) is 0 Å². The van der Waals surface area contributed by atoms with E-state index in [1.807, 2.05) is 0 Å². The lowest BCUT2D eigenvalue weighted by atomic mass is 10.1. The van der Waals surface area contributed by atoms with E-state index in [0.717, 1.165) is 0 Å². The molecule has 0 unspecified atom stereocenters. The Balaban J connectivity index is 2.65. The maximum atomic E-state index is 11.0. The average molecular weight is 231 g/mol. The molecule has 0 aliphatic carbocycles. The van der Waals surface area contributed by atoms with Crippen LogP contribution in [0.25, 0.3) is 10.8 Å². The summed E-state index contributed by atoms with van der Waals surface area (Å²) in [5.41, 5.74) is 0.758. The molecule has 0 heterocycles. The lowest BCUT2D eigenvalue weighted by molar-refractivity contribution is -0.114. The Morgan fingerprint density at radius 2 is 1.88 bits per heavy atom. The number of hydrogen-bond donors (Lipinski definition) is 2. The molecule has 0 saturated heterocycles. The number of benzene rings is 2. The molecule has 1 amide bonds. The first-order chi connectivity index (χ1) is 8.09. The molecule has 0 spiro atoms. The molecular formula is C12H11N2O3-. The normalized spacial score (nSPS) is 10.3.